The number of halogens is 1. The molecule has 1 aromatic heterocycles. The van der Waals surface area contributed by atoms with Gasteiger partial charge in [0.05, 0.1) is 10.7 Å². The molecule has 0 radical (unpaired) electrons. The number of rotatable bonds is 1. The molecule has 0 bridgehead atoms. The van der Waals surface area contributed by atoms with Crippen LogP contribution < -0.4 is 5.73 Å². The van der Waals surface area contributed by atoms with Crippen molar-refractivity contribution in [1.82, 2.24) is 0 Å². The minimum absolute atomic E-state index is 0.619. The first-order valence-electron chi connectivity index (χ1n) is 4.28. The zero-order valence-electron chi connectivity index (χ0n) is 7.75. The van der Waals surface area contributed by atoms with Crippen molar-refractivity contribution in [2.45, 2.75) is 6.92 Å². The normalized spacial score (nSPS) is 10.4. The van der Waals surface area contributed by atoms with E-state index in [1.165, 1.54) is 10.4 Å². The molecule has 0 unspecified atom stereocenters. The molecule has 0 amide bonds. The number of nitrogen functional groups attached to an aromatic ring is 1. The van der Waals surface area contributed by atoms with Crippen LogP contribution in [-0.2, 0) is 0 Å². The van der Waals surface area contributed by atoms with E-state index in [-0.39, 0.29) is 0 Å². The van der Waals surface area contributed by atoms with Crippen LogP contribution in [0.15, 0.2) is 29.6 Å². The molecule has 2 aromatic rings. The maximum absolute atomic E-state index is 5.96. The minimum atomic E-state index is 0.619. The third kappa shape index (κ3) is 1.63. The maximum atomic E-state index is 5.96. The summed E-state index contributed by atoms with van der Waals surface area (Å²) in [6.45, 7) is 2.10. The smallest absolute Gasteiger partial charge is 0.0641 e. The average Bonchev–Trinajstić information content (AvgIpc) is 2.57. The van der Waals surface area contributed by atoms with Gasteiger partial charge in [0.2, 0.25) is 0 Å². The number of nitrogens with two attached hydrogens (primary N) is 1. The van der Waals surface area contributed by atoms with Gasteiger partial charge in [0, 0.05) is 4.88 Å². The molecule has 0 atom stereocenters. The van der Waals surface area contributed by atoms with E-state index in [0.29, 0.717) is 10.7 Å². The molecule has 1 nitrogen and oxygen atoms in total. The zero-order valence-corrected chi connectivity index (χ0v) is 9.32. The second kappa shape index (κ2) is 3.64. The first-order chi connectivity index (χ1) is 6.68. The van der Waals surface area contributed by atoms with E-state index in [4.69, 9.17) is 17.3 Å². The molecule has 72 valence electrons. The van der Waals surface area contributed by atoms with Gasteiger partial charge in [-0.3, -0.25) is 0 Å². The lowest BCUT2D eigenvalue weighted by Gasteiger charge is -2.03. The Morgan fingerprint density at radius 3 is 2.64 bits per heavy atom. The summed E-state index contributed by atoms with van der Waals surface area (Å²) in [6.07, 6.45) is 0. The van der Waals surface area contributed by atoms with Crippen LogP contribution in [0.4, 0.5) is 5.69 Å². The third-order valence-corrected chi connectivity index (χ3v) is 3.34. The second-order valence-electron chi connectivity index (χ2n) is 3.13. The fraction of sp³-hybridized carbons (Fsp3) is 0.0909. The molecule has 0 saturated carbocycles. The molecule has 3 heteroatoms. The topological polar surface area (TPSA) is 26.0 Å². The summed E-state index contributed by atoms with van der Waals surface area (Å²) in [5.74, 6) is 0. The Bertz CT molecular complexity index is 462. The van der Waals surface area contributed by atoms with Crippen molar-refractivity contribution in [3.05, 3.63) is 39.5 Å². The van der Waals surface area contributed by atoms with Gasteiger partial charge in [0.1, 0.15) is 0 Å². The Morgan fingerprint density at radius 2 is 2.07 bits per heavy atom. The van der Waals surface area contributed by atoms with Crippen molar-refractivity contribution < 1.29 is 0 Å². The van der Waals surface area contributed by atoms with Gasteiger partial charge in [-0.05, 0) is 41.6 Å². The molecule has 0 fully saturated rings. The Balaban J connectivity index is 2.53. The number of hydrogen-bond acceptors (Lipinski definition) is 2. The molecule has 0 aliphatic rings. The quantitative estimate of drug-likeness (QED) is 0.728. The number of thiophene rings is 1. The molecule has 1 heterocycles. The van der Waals surface area contributed by atoms with Gasteiger partial charge in [0.25, 0.3) is 0 Å². The Kier molecular flexibility index (Phi) is 2.48. The molecule has 0 saturated heterocycles. The van der Waals surface area contributed by atoms with Crippen LogP contribution in [0.2, 0.25) is 5.02 Å². The fourth-order valence-corrected chi connectivity index (χ4v) is 2.28. The minimum Gasteiger partial charge on any atom is -0.398 e. The van der Waals surface area contributed by atoms with E-state index >= 15 is 0 Å². The first-order valence-corrected chi connectivity index (χ1v) is 5.54. The maximum Gasteiger partial charge on any atom is 0.0641 e. The Labute approximate surface area is 92.1 Å². The fourth-order valence-electron chi connectivity index (χ4n) is 1.38. The molecule has 0 aliphatic heterocycles. The summed E-state index contributed by atoms with van der Waals surface area (Å²) in [6, 6.07) is 7.85. The molecule has 0 aliphatic carbocycles. The highest BCUT2D eigenvalue weighted by Crippen LogP contribution is 2.31. The van der Waals surface area contributed by atoms with Crippen LogP contribution in [0.3, 0.4) is 0 Å². The average molecular weight is 224 g/mol. The highest BCUT2D eigenvalue weighted by Gasteiger charge is 2.04. The van der Waals surface area contributed by atoms with E-state index in [2.05, 4.69) is 18.4 Å². The van der Waals surface area contributed by atoms with Gasteiger partial charge >= 0.3 is 0 Å². The number of benzene rings is 1. The van der Waals surface area contributed by atoms with Crippen molar-refractivity contribution in [2.75, 3.05) is 5.73 Å². The summed E-state index contributed by atoms with van der Waals surface area (Å²) < 4.78 is 0. The molecular formula is C11H10ClNS. The SMILES string of the molecule is Cc1sccc1-c1ccc(N)c(Cl)c1. The highest BCUT2D eigenvalue weighted by atomic mass is 35.5. The van der Waals surface area contributed by atoms with E-state index < -0.39 is 0 Å². The van der Waals surface area contributed by atoms with Gasteiger partial charge in [-0.15, -0.1) is 11.3 Å². The van der Waals surface area contributed by atoms with Crippen LogP contribution in [0.5, 0.6) is 0 Å². The summed E-state index contributed by atoms with van der Waals surface area (Å²) in [5, 5.41) is 2.70. The highest BCUT2D eigenvalue weighted by molar-refractivity contribution is 7.10. The Hall–Kier alpha value is -0.990. The van der Waals surface area contributed by atoms with E-state index in [1.54, 1.807) is 11.3 Å². The van der Waals surface area contributed by atoms with E-state index in [0.717, 1.165) is 5.56 Å². The lowest BCUT2D eigenvalue weighted by atomic mass is 10.1. The number of aryl methyl sites for hydroxylation is 1. The van der Waals surface area contributed by atoms with Crippen molar-refractivity contribution in [3.8, 4) is 11.1 Å². The molecule has 2 N–H and O–H groups in total. The number of anilines is 1. The molecule has 1 aromatic carbocycles. The monoisotopic (exact) mass is 223 g/mol. The van der Waals surface area contributed by atoms with Crippen molar-refractivity contribution in [1.29, 1.82) is 0 Å². The Morgan fingerprint density at radius 1 is 1.29 bits per heavy atom. The van der Waals surface area contributed by atoms with E-state index in [9.17, 15) is 0 Å². The van der Waals surface area contributed by atoms with Crippen molar-refractivity contribution in [2.24, 2.45) is 0 Å². The van der Waals surface area contributed by atoms with Crippen LogP contribution in [0.1, 0.15) is 4.88 Å². The zero-order chi connectivity index (χ0) is 10.1. The third-order valence-electron chi connectivity index (χ3n) is 2.17. The van der Waals surface area contributed by atoms with Gasteiger partial charge in [-0.25, -0.2) is 0 Å². The van der Waals surface area contributed by atoms with Crippen LogP contribution in [-0.4, -0.2) is 0 Å². The van der Waals surface area contributed by atoms with Crippen LogP contribution in [0.25, 0.3) is 11.1 Å². The van der Waals surface area contributed by atoms with Crippen LogP contribution in [0, 0.1) is 6.92 Å². The van der Waals surface area contributed by atoms with E-state index in [1.807, 2.05) is 18.2 Å². The molecular weight excluding hydrogens is 214 g/mol. The largest absolute Gasteiger partial charge is 0.398 e. The standard InChI is InChI=1S/C11H10ClNS/c1-7-9(4-5-14-7)8-2-3-11(13)10(12)6-8/h2-6H,13H2,1H3. The second-order valence-corrected chi connectivity index (χ2v) is 4.65. The summed E-state index contributed by atoms with van der Waals surface area (Å²) >= 11 is 7.70. The predicted molar refractivity (Wildman–Crippen MR) is 63.9 cm³/mol. The van der Waals surface area contributed by atoms with Crippen molar-refractivity contribution >= 4 is 28.6 Å². The number of hydrogen-bond donors (Lipinski definition) is 1. The molecule has 14 heavy (non-hydrogen) atoms. The summed E-state index contributed by atoms with van der Waals surface area (Å²) in [5.41, 5.74) is 8.64. The van der Waals surface area contributed by atoms with Gasteiger partial charge in [-0.2, -0.15) is 0 Å². The lowest BCUT2D eigenvalue weighted by Crippen LogP contribution is -1.86. The summed E-state index contributed by atoms with van der Waals surface area (Å²) in [7, 11) is 0. The summed E-state index contributed by atoms with van der Waals surface area (Å²) in [4.78, 5) is 1.30. The lowest BCUT2D eigenvalue weighted by molar-refractivity contribution is 1.58. The van der Waals surface area contributed by atoms with Crippen LogP contribution >= 0.6 is 22.9 Å². The van der Waals surface area contributed by atoms with Gasteiger partial charge < -0.3 is 5.73 Å². The molecule has 2 rings (SSSR count). The predicted octanol–water partition coefficient (Wildman–Crippen LogP) is 3.96. The van der Waals surface area contributed by atoms with Gasteiger partial charge in [0.15, 0.2) is 0 Å². The van der Waals surface area contributed by atoms with Crippen molar-refractivity contribution in [3.63, 3.8) is 0 Å². The molecule has 0 spiro atoms. The first kappa shape index (κ1) is 9.56. The van der Waals surface area contributed by atoms with Gasteiger partial charge in [-0.1, -0.05) is 17.7 Å².